The van der Waals surface area contributed by atoms with Gasteiger partial charge >= 0.3 is 12.1 Å². The Labute approximate surface area is 196 Å². The normalized spacial score (nSPS) is 15.3. The number of ether oxygens (including phenoxy) is 1. The van der Waals surface area contributed by atoms with Gasteiger partial charge in [-0.25, -0.2) is 9.59 Å². The van der Waals surface area contributed by atoms with Crippen LogP contribution in [0, 0.1) is 17.3 Å². The van der Waals surface area contributed by atoms with Crippen molar-refractivity contribution in [2.45, 2.75) is 32.2 Å². The zero-order chi connectivity index (χ0) is 24.2. The molecule has 1 aliphatic carbocycles. The fourth-order valence-electron chi connectivity index (χ4n) is 4.92. The number of carbonyl (C=O) groups excluding carboxylic acids is 1. The number of hydrogen-bond acceptors (Lipinski definition) is 3. The van der Waals surface area contributed by atoms with Gasteiger partial charge in [-0.1, -0.05) is 55.5 Å². The molecule has 0 saturated heterocycles. The number of alkyl carbamates (subject to hydrolysis) is 1. The molecule has 0 aromatic heterocycles. The molecule has 0 spiro atoms. The van der Waals surface area contributed by atoms with Crippen molar-refractivity contribution in [2.75, 3.05) is 34.3 Å². The van der Waals surface area contributed by atoms with E-state index >= 15 is 0 Å². The van der Waals surface area contributed by atoms with Gasteiger partial charge in [0.15, 0.2) is 0 Å². The van der Waals surface area contributed by atoms with Crippen molar-refractivity contribution in [1.82, 2.24) is 5.32 Å². The van der Waals surface area contributed by atoms with Crippen LogP contribution in [0.1, 0.15) is 37.3 Å². The average molecular weight is 450 g/mol. The van der Waals surface area contributed by atoms with Crippen molar-refractivity contribution < 1.29 is 23.9 Å². The second-order valence-corrected chi connectivity index (χ2v) is 9.95. The quantitative estimate of drug-likeness (QED) is 0.470. The number of aliphatic carboxylic acids is 1. The first-order valence-electron chi connectivity index (χ1n) is 11.1. The predicted octanol–water partition coefficient (Wildman–Crippen LogP) is 4.10. The molecule has 0 saturated carbocycles. The lowest BCUT2D eigenvalue weighted by Crippen LogP contribution is -2.58. The minimum atomic E-state index is -1.13. The number of quaternary nitrogens is 1. The number of carboxylic acid groups (broad SMARTS) is 1. The van der Waals surface area contributed by atoms with Gasteiger partial charge in [0.1, 0.15) is 12.6 Å². The first kappa shape index (κ1) is 24.3. The van der Waals surface area contributed by atoms with Crippen LogP contribution in [0.5, 0.6) is 0 Å². The number of fused-ring (bicyclic) bond motifs is 3. The number of hydrogen-bond donors (Lipinski definition) is 2. The Morgan fingerprint density at radius 1 is 1.09 bits per heavy atom. The molecule has 0 heterocycles. The lowest BCUT2D eigenvalue weighted by atomic mass is 9.78. The fourth-order valence-corrected chi connectivity index (χ4v) is 4.92. The number of benzene rings is 2. The van der Waals surface area contributed by atoms with Crippen molar-refractivity contribution in [3.05, 3.63) is 59.7 Å². The van der Waals surface area contributed by atoms with Crippen molar-refractivity contribution in [3.63, 3.8) is 0 Å². The van der Waals surface area contributed by atoms with Gasteiger partial charge in [0.25, 0.3) is 0 Å². The smallest absolute Gasteiger partial charge is 0.407 e. The van der Waals surface area contributed by atoms with Gasteiger partial charge in [0.05, 0.1) is 33.1 Å². The zero-order valence-electron chi connectivity index (χ0n) is 20.0. The number of carbonyl (C=O) groups is 2. The average Bonchev–Trinajstić information content (AvgIpc) is 3.07. The van der Waals surface area contributed by atoms with Crippen LogP contribution in [-0.2, 0) is 9.53 Å². The van der Waals surface area contributed by atoms with Gasteiger partial charge in [-0.05, 0) is 29.2 Å². The van der Waals surface area contributed by atoms with Gasteiger partial charge in [-0.3, -0.25) is 0 Å². The predicted molar refractivity (Wildman–Crippen MR) is 129 cm³/mol. The number of amides is 1. The molecule has 6 heteroatoms. The van der Waals surface area contributed by atoms with Crippen LogP contribution in [0.25, 0.3) is 11.1 Å². The summed E-state index contributed by atoms with van der Waals surface area (Å²) in [7, 11) is 5.97. The van der Waals surface area contributed by atoms with Crippen molar-refractivity contribution in [3.8, 4) is 23.0 Å². The maximum absolute atomic E-state index is 12.8. The summed E-state index contributed by atoms with van der Waals surface area (Å²) >= 11 is 0. The van der Waals surface area contributed by atoms with Crippen LogP contribution in [0.3, 0.4) is 0 Å². The minimum Gasteiger partial charge on any atom is -0.480 e. The summed E-state index contributed by atoms with van der Waals surface area (Å²) in [5, 5.41) is 12.6. The molecule has 3 rings (SSSR count). The Morgan fingerprint density at radius 2 is 1.64 bits per heavy atom. The summed E-state index contributed by atoms with van der Waals surface area (Å²) < 4.78 is 6.14. The highest BCUT2D eigenvalue weighted by Crippen LogP contribution is 2.44. The van der Waals surface area contributed by atoms with Crippen LogP contribution in [0.4, 0.5) is 4.79 Å². The molecule has 1 aliphatic rings. The third-order valence-corrected chi connectivity index (χ3v) is 6.05. The van der Waals surface area contributed by atoms with Crippen molar-refractivity contribution in [1.29, 1.82) is 0 Å². The second kappa shape index (κ2) is 9.68. The molecule has 174 valence electrons. The third-order valence-electron chi connectivity index (χ3n) is 6.05. The number of nitrogens with zero attached hydrogens (tertiary/aromatic N) is 1. The Hall–Kier alpha value is -3.30. The molecule has 33 heavy (non-hydrogen) atoms. The van der Waals surface area contributed by atoms with E-state index in [1.165, 1.54) is 0 Å². The topological polar surface area (TPSA) is 75.6 Å². The molecular formula is C27H33N2O4+. The van der Waals surface area contributed by atoms with E-state index in [9.17, 15) is 14.7 Å². The second-order valence-electron chi connectivity index (χ2n) is 9.95. The molecule has 0 fully saturated rings. The Kier molecular flexibility index (Phi) is 7.14. The minimum absolute atomic E-state index is 0.0880. The fraction of sp³-hybridized carbons (Fsp3) is 0.407. The Balaban J connectivity index is 1.77. The van der Waals surface area contributed by atoms with E-state index in [0.717, 1.165) is 22.3 Å². The maximum Gasteiger partial charge on any atom is 0.407 e. The van der Waals surface area contributed by atoms with Gasteiger partial charge in [0, 0.05) is 12.3 Å². The molecule has 0 bridgehead atoms. The third kappa shape index (κ3) is 5.55. The summed E-state index contributed by atoms with van der Waals surface area (Å²) in [5.74, 6) is 4.66. The highest BCUT2D eigenvalue weighted by molar-refractivity contribution is 5.81. The molecular weight excluding hydrogens is 416 g/mol. The molecule has 2 aromatic rings. The summed E-state index contributed by atoms with van der Waals surface area (Å²) in [6.07, 6.45) is -0.388. The summed E-state index contributed by atoms with van der Waals surface area (Å²) in [6.45, 7) is 4.22. The number of rotatable bonds is 8. The number of nitrogens with one attached hydrogen (secondary N) is 1. The van der Waals surface area contributed by atoms with E-state index in [1.54, 1.807) is 6.92 Å². The first-order valence-corrected chi connectivity index (χ1v) is 11.1. The van der Waals surface area contributed by atoms with Gasteiger partial charge in [-0.15, -0.1) is 11.8 Å². The molecule has 2 N–H and O–H groups in total. The van der Waals surface area contributed by atoms with E-state index in [2.05, 4.69) is 29.3 Å². The molecule has 2 atom stereocenters. The monoisotopic (exact) mass is 449 g/mol. The highest BCUT2D eigenvalue weighted by Gasteiger charge is 2.44. The van der Waals surface area contributed by atoms with Crippen LogP contribution >= 0.6 is 0 Å². The van der Waals surface area contributed by atoms with E-state index in [1.807, 2.05) is 64.5 Å². The van der Waals surface area contributed by atoms with Crippen LogP contribution in [0.2, 0.25) is 0 Å². The summed E-state index contributed by atoms with van der Waals surface area (Å²) in [5.41, 5.74) is 3.71. The maximum atomic E-state index is 12.8. The number of carboxylic acids is 1. The molecule has 0 radical (unpaired) electrons. The highest BCUT2D eigenvalue weighted by atomic mass is 16.5. The molecule has 2 aromatic carbocycles. The van der Waals surface area contributed by atoms with E-state index in [0.29, 0.717) is 17.4 Å². The SMILES string of the molecule is CC#CC[C@](C)(C[N+](C)(C)C)[C@H](NC(=O)OCC1c2ccccc2-c2ccccc21)C(=O)O. The molecule has 1 amide bonds. The van der Waals surface area contributed by atoms with E-state index in [4.69, 9.17) is 4.74 Å². The van der Waals surface area contributed by atoms with Gasteiger partial charge in [0.2, 0.25) is 0 Å². The van der Waals surface area contributed by atoms with Gasteiger partial charge < -0.3 is 19.6 Å². The standard InChI is InChI=1S/C27H32N2O4/c1-6-7-16-27(2,18-29(3,4)5)24(25(30)31)28-26(32)33-17-23-21-14-10-8-12-19(21)20-13-9-11-15-22(20)23/h8-15,23-24H,16-18H2,1-5H3,(H-,28,30,31,32)/p+1/t24-,27-/m1/s1. The largest absolute Gasteiger partial charge is 0.480 e. The Bertz CT molecular complexity index is 1050. The lowest BCUT2D eigenvalue weighted by molar-refractivity contribution is -0.877. The van der Waals surface area contributed by atoms with Gasteiger partial charge in [-0.2, -0.15) is 0 Å². The Morgan fingerprint density at radius 3 is 2.12 bits per heavy atom. The lowest BCUT2D eigenvalue weighted by Gasteiger charge is -2.39. The first-order chi connectivity index (χ1) is 15.6. The zero-order valence-corrected chi connectivity index (χ0v) is 20.0. The molecule has 0 aliphatic heterocycles. The van der Waals surface area contributed by atoms with Crippen LogP contribution < -0.4 is 5.32 Å². The van der Waals surface area contributed by atoms with Crippen LogP contribution in [0.15, 0.2) is 48.5 Å². The van der Waals surface area contributed by atoms with Crippen LogP contribution in [-0.4, -0.2) is 62.0 Å². The van der Waals surface area contributed by atoms with Crippen molar-refractivity contribution >= 4 is 12.1 Å². The molecule has 0 unspecified atom stereocenters. The summed E-state index contributed by atoms with van der Waals surface area (Å²) in [4.78, 5) is 25.0. The van der Waals surface area contributed by atoms with E-state index in [-0.39, 0.29) is 12.5 Å². The van der Waals surface area contributed by atoms with E-state index < -0.39 is 23.5 Å². The summed E-state index contributed by atoms with van der Waals surface area (Å²) in [6, 6.07) is 15.0. The van der Waals surface area contributed by atoms with Crippen molar-refractivity contribution in [2.24, 2.45) is 5.41 Å². The molecule has 6 nitrogen and oxygen atoms in total.